The molecule has 7 heteroatoms. The number of anilines is 1. The number of nitrogens with one attached hydrogen (secondary N) is 2. The van der Waals surface area contributed by atoms with E-state index in [1.165, 1.54) is 16.7 Å². The largest absolute Gasteiger partial charge is 0.378 e. The minimum Gasteiger partial charge on any atom is -0.378 e. The summed E-state index contributed by atoms with van der Waals surface area (Å²) < 4.78 is 0. The molecule has 166 valence electrons. The van der Waals surface area contributed by atoms with Crippen LogP contribution in [0.2, 0.25) is 5.02 Å². The first-order valence-corrected chi connectivity index (χ1v) is 11.7. The molecule has 0 spiro atoms. The number of nitrogens with zero attached hydrogens (tertiary/aromatic N) is 3. The molecule has 0 aromatic heterocycles. The van der Waals surface area contributed by atoms with Gasteiger partial charge in [0.15, 0.2) is 16.8 Å². The van der Waals surface area contributed by atoms with Crippen LogP contribution in [-0.2, 0) is 0 Å². The highest BCUT2D eigenvalue weighted by atomic mass is 35.5. The van der Waals surface area contributed by atoms with Gasteiger partial charge in [-0.25, -0.2) is 10.0 Å². The Morgan fingerprint density at radius 3 is 2.62 bits per heavy atom. The molecular formula is C25H28ClN5S. The SMILES string of the molecule is C=CCNC(=S)N1C(CNc2ccc(Cl)cc2)=NC2=C(c3ccc(C)cc3)CCCCN21. The lowest BCUT2D eigenvalue weighted by Gasteiger charge is -2.32. The normalized spacial score (nSPS) is 15.8. The smallest absolute Gasteiger partial charge is 0.194 e. The van der Waals surface area contributed by atoms with E-state index >= 15 is 0 Å². The summed E-state index contributed by atoms with van der Waals surface area (Å²) in [4.78, 5) is 5.10. The second-order valence-corrected chi connectivity index (χ2v) is 8.75. The molecule has 2 aliphatic rings. The Balaban J connectivity index is 1.69. The van der Waals surface area contributed by atoms with Gasteiger partial charge in [0.05, 0.1) is 6.54 Å². The van der Waals surface area contributed by atoms with E-state index in [0.29, 0.717) is 23.2 Å². The van der Waals surface area contributed by atoms with Gasteiger partial charge in [0, 0.05) is 29.4 Å². The highest BCUT2D eigenvalue weighted by molar-refractivity contribution is 7.80. The van der Waals surface area contributed by atoms with Crippen LogP contribution in [-0.4, -0.2) is 40.6 Å². The van der Waals surface area contributed by atoms with Gasteiger partial charge >= 0.3 is 0 Å². The molecule has 0 radical (unpaired) electrons. The second kappa shape index (κ2) is 10.2. The lowest BCUT2D eigenvalue weighted by atomic mass is 10.00. The van der Waals surface area contributed by atoms with Crippen molar-refractivity contribution in [2.45, 2.75) is 26.2 Å². The van der Waals surface area contributed by atoms with Crippen molar-refractivity contribution in [2.24, 2.45) is 4.99 Å². The van der Waals surface area contributed by atoms with E-state index in [2.05, 4.69) is 53.4 Å². The van der Waals surface area contributed by atoms with Crippen LogP contribution in [0, 0.1) is 6.92 Å². The van der Waals surface area contributed by atoms with E-state index in [1.807, 2.05) is 35.4 Å². The fraction of sp³-hybridized carbons (Fsp3) is 0.280. The number of benzene rings is 2. The molecule has 0 unspecified atom stereocenters. The molecule has 32 heavy (non-hydrogen) atoms. The summed E-state index contributed by atoms with van der Waals surface area (Å²) in [7, 11) is 0. The second-order valence-electron chi connectivity index (χ2n) is 7.92. The van der Waals surface area contributed by atoms with Gasteiger partial charge in [-0.1, -0.05) is 47.5 Å². The quantitative estimate of drug-likeness (QED) is 0.429. The minimum atomic E-state index is 0.540. The Kier molecular flexibility index (Phi) is 7.12. The van der Waals surface area contributed by atoms with Crippen LogP contribution < -0.4 is 10.6 Å². The topological polar surface area (TPSA) is 42.9 Å². The van der Waals surface area contributed by atoms with Crippen LogP contribution in [0.25, 0.3) is 5.57 Å². The predicted octanol–water partition coefficient (Wildman–Crippen LogP) is 5.60. The first kappa shape index (κ1) is 22.4. The molecule has 0 bridgehead atoms. The Morgan fingerprint density at radius 1 is 1.16 bits per heavy atom. The summed E-state index contributed by atoms with van der Waals surface area (Å²) in [5.41, 5.74) is 4.72. The molecule has 2 aromatic carbocycles. The maximum atomic E-state index is 6.03. The van der Waals surface area contributed by atoms with Crippen LogP contribution in [0.3, 0.4) is 0 Å². The number of fused-ring (bicyclic) bond motifs is 1. The number of amidine groups is 1. The standard InChI is InChI=1S/C25H28ClN5S/c1-3-15-27-25(32)31-23(17-28-21-13-11-20(26)12-14-21)29-24-22(6-4-5-16-30(24)31)19-9-7-18(2)8-10-19/h3,7-14,28H,1,4-6,15-17H2,2H3,(H,27,32). The Labute approximate surface area is 200 Å². The van der Waals surface area contributed by atoms with E-state index in [-0.39, 0.29) is 0 Å². The van der Waals surface area contributed by atoms with E-state index in [1.54, 1.807) is 0 Å². The van der Waals surface area contributed by atoms with Crippen LogP contribution >= 0.6 is 23.8 Å². The lowest BCUT2D eigenvalue weighted by Crippen LogP contribution is -2.51. The summed E-state index contributed by atoms with van der Waals surface area (Å²) in [6.07, 6.45) is 5.00. The molecule has 0 amide bonds. The Hall–Kier alpha value is -2.83. The van der Waals surface area contributed by atoms with Crippen molar-refractivity contribution >= 4 is 46.0 Å². The van der Waals surface area contributed by atoms with Crippen molar-refractivity contribution in [3.8, 4) is 0 Å². The number of aliphatic imine (C=N–C) groups is 1. The highest BCUT2D eigenvalue weighted by Gasteiger charge is 2.34. The van der Waals surface area contributed by atoms with Crippen molar-refractivity contribution < 1.29 is 0 Å². The summed E-state index contributed by atoms with van der Waals surface area (Å²) in [6, 6.07) is 16.4. The molecule has 5 nitrogen and oxygen atoms in total. The van der Waals surface area contributed by atoms with Gasteiger partial charge in [-0.2, -0.15) is 0 Å². The van der Waals surface area contributed by atoms with Gasteiger partial charge in [0.2, 0.25) is 0 Å². The molecule has 2 aromatic rings. The summed E-state index contributed by atoms with van der Waals surface area (Å²) in [5.74, 6) is 1.85. The van der Waals surface area contributed by atoms with Crippen molar-refractivity contribution in [1.29, 1.82) is 0 Å². The van der Waals surface area contributed by atoms with Crippen molar-refractivity contribution in [3.63, 3.8) is 0 Å². The number of rotatable bonds is 6. The van der Waals surface area contributed by atoms with Gasteiger partial charge in [0.1, 0.15) is 0 Å². The van der Waals surface area contributed by atoms with Crippen LogP contribution in [0.1, 0.15) is 30.4 Å². The summed E-state index contributed by atoms with van der Waals surface area (Å²) in [6.45, 7) is 7.92. The highest BCUT2D eigenvalue weighted by Crippen LogP contribution is 2.35. The number of allylic oxidation sites excluding steroid dienone is 1. The van der Waals surface area contributed by atoms with Crippen LogP contribution in [0.5, 0.6) is 0 Å². The van der Waals surface area contributed by atoms with Gasteiger partial charge in [-0.15, -0.1) is 6.58 Å². The molecule has 4 rings (SSSR count). The molecule has 2 heterocycles. The average molecular weight is 466 g/mol. The van der Waals surface area contributed by atoms with Crippen molar-refractivity contribution in [2.75, 3.05) is 25.0 Å². The zero-order valence-electron chi connectivity index (χ0n) is 18.3. The maximum Gasteiger partial charge on any atom is 0.194 e. The molecule has 0 aliphatic carbocycles. The molecular weight excluding hydrogens is 438 g/mol. The van der Waals surface area contributed by atoms with Gasteiger partial charge in [-0.05, 0) is 68.2 Å². The number of thiocarbonyl (C=S) groups is 1. The third kappa shape index (κ3) is 4.97. The zero-order chi connectivity index (χ0) is 22.5. The fourth-order valence-electron chi connectivity index (χ4n) is 3.92. The predicted molar refractivity (Wildman–Crippen MR) is 139 cm³/mol. The van der Waals surface area contributed by atoms with Crippen molar-refractivity contribution in [1.82, 2.24) is 15.3 Å². The van der Waals surface area contributed by atoms with E-state index in [4.69, 9.17) is 28.8 Å². The van der Waals surface area contributed by atoms with Gasteiger partial charge in [-0.3, -0.25) is 5.01 Å². The zero-order valence-corrected chi connectivity index (χ0v) is 19.8. The maximum absolute atomic E-state index is 6.03. The molecule has 0 saturated carbocycles. The minimum absolute atomic E-state index is 0.540. The van der Waals surface area contributed by atoms with Crippen LogP contribution in [0.15, 0.2) is 72.0 Å². The number of hydrogen-bond donors (Lipinski definition) is 2. The lowest BCUT2D eigenvalue weighted by molar-refractivity contribution is 0.179. The molecule has 2 aliphatic heterocycles. The van der Waals surface area contributed by atoms with Gasteiger partial charge in [0.25, 0.3) is 0 Å². The van der Waals surface area contributed by atoms with Gasteiger partial charge < -0.3 is 10.6 Å². The Morgan fingerprint density at radius 2 is 1.91 bits per heavy atom. The Bertz CT molecular complexity index is 1040. The fourth-order valence-corrected chi connectivity index (χ4v) is 4.33. The number of halogens is 1. The number of hydrogen-bond acceptors (Lipinski definition) is 4. The molecule has 0 fully saturated rings. The van der Waals surface area contributed by atoms with E-state index < -0.39 is 0 Å². The molecule has 0 atom stereocenters. The summed E-state index contributed by atoms with van der Waals surface area (Å²) in [5, 5.41) is 12.3. The number of hydrazine groups is 1. The first-order valence-electron chi connectivity index (χ1n) is 10.9. The first-order chi connectivity index (χ1) is 15.6. The van der Waals surface area contributed by atoms with E-state index in [9.17, 15) is 0 Å². The third-order valence-electron chi connectivity index (χ3n) is 5.57. The monoisotopic (exact) mass is 465 g/mol. The molecule has 2 N–H and O–H groups in total. The molecule has 0 saturated heterocycles. The average Bonchev–Trinajstić information content (AvgIpc) is 3.03. The van der Waals surface area contributed by atoms with Crippen molar-refractivity contribution in [3.05, 3.63) is 83.2 Å². The number of aryl methyl sites for hydroxylation is 1. The third-order valence-corrected chi connectivity index (χ3v) is 6.14. The van der Waals surface area contributed by atoms with Crippen LogP contribution in [0.4, 0.5) is 5.69 Å². The van der Waals surface area contributed by atoms with E-state index in [0.717, 1.165) is 43.2 Å². The summed E-state index contributed by atoms with van der Waals surface area (Å²) >= 11 is 11.8.